The van der Waals surface area contributed by atoms with Gasteiger partial charge in [-0.1, -0.05) is 13.8 Å². The molecule has 1 N–H and O–H groups in total. The van der Waals surface area contributed by atoms with Gasteiger partial charge in [0.25, 0.3) is 0 Å². The third kappa shape index (κ3) is 4.49. The second-order valence-corrected chi connectivity index (χ2v) is 5.32. The van der Waals surface area contributed by atoms with Gasteiger partial charge in [0.1, 0.15) is 5.75 Å². The lowest BCUT2D eigenvalue weighted by Gasteiger charge is -2.18. The molecule has 0 saturated carbocycles. The SMILES string of the molecule is CC(=O)c1ccc(O)c(CN(C)CCC(C)C)c1. The predicted molar refractivity (Wildman–Crippen MR) is 73.9 cm³/mol. The number of hydrogen-bond donors (Lipinski definition) is 1. The summed E-state index contributed by atoms with van der Waals surface area (Å²) >= 11 is 0. The summed E-state index contributed by atoms with van der Waals surface area (Å²) in [6.07, 6.45) is 1.13. The summed E-state index contributed by atoms with van der Waals surface area (Å²) in [4.78, 5) is 13.5. The first kappa shape index (κ1) is 14.7. The van der Waals surface area contributed by atoms with Crippen LogP contribution < -0.4 is 0 Å². The number of phenolic OH excluding ortho intramolecular Hbond substituents is 1. The molecule has 0 aliphatic rings. The second-order valence-electron chi connectivity index (χ2n) is 5.32. The highest BCUT2D eigenvalue weighted by Crippen LogP contribution is 2.20. The first-order valence-electron chi connectivity index (χ1n) is 6.41. The Morgan fingerprint density at radius 3 is 2.61 bits per heavy atom. The van der Waals surface area contributed by atoms with Crippen molar-refractivity contribution in [3.8, 4) is 5.75 Å². The van der Waals surface area contributed by atoms with Gasteiger partial charge in [-0.15, -0.1) is 0 Å². The number of carbonyl (C=O) groups excluding carboxylic acids is 1. The van der Waals surface area contributed by atoms with Crippen LogP contribution in [0.25, 0.3) is 0 Å². The molecule has 3 nitrogen and oxygen atoms in total. The summed E-state index contributed by atoms with van der Waals surface area (Å²) in [6.45, 7) is 7.59. The predicted octanol–water partition coefficient (Wildman–Crippen LogP) is 3.07. The third-order valence-electron chi connectivity index (χ3n) is 3.01. The molecule has 0 amide bonds. The van der Waals surface area contributed by atoms with Crippen molar-refractivity contribution in [2.75, 3.05) is 13.6 Å². The van der Waals surface area contributed by atoms with Crippen LogP contribution in [-0.2, 0) is 6.54 Å². The van der Waals surface area contributed by atoms with E-state index in [1.807, 2.05) is 7.05 Å². The van der Waals surface area contributed by atoms with Crippen LogP contribution in [0.5, 0.6) is 5.75 Å². The fraction of sp³-hybridized carbons (Fsp3) is 0.533. The molecule has 0 spiro atoms. The van der Waals surface area contributed by atoms with Gasteiger partial charge in [0, 0.05) is 17.7 Å². The third-order valence-corrected chi connectivity index (χ3v) is 3.01. The van der Waals surface area contributed by atoms with Gasteiger partial charge in [-0.3, -0.25) is 4.79 Å². The average Bonchev–Trinajstić information content (AvgIpc) is 2.29. The molecule has 0 unspecified atom stereocenters. The van der Waals surface area contributed by atoms with Crippen molar-refractivity contribution in [1.29, 1.82) is 0 Å². The van der Waals surface area contributed by atoms with Crippen molar-refractivity contribution in [2.24, 2.45) is 5.92 Å². The Kier molecular flexibility index (Phi) is 5.35. The van der Waals surface area contributed by atoms with E-state index in [4.69, 9.17) is 0 Å². The molecule has 0 aliphatic heterocycles. The number of phenols is 1. The average molecular weight is 249 g/mol. The molecular weight excluding hydrogens is 226 g/mol. The molecule has 0 radical (unpaired) electrons. The van der Waals surface area contributed by atoms with Gasteiger partial charge in [-0.05, 0) is 51.1 Å². The molecule has 0 saturated heterocycles. The molecular formula is C15H23NO2. The maximum Gasteiger partial charge on any atom is 0.159 e. The van der Waals surface area contributed by atoms with Gasteiger partial charge < -0.3 is 10.0 Å². The summed E-state index contributed by atoms with van der Waals surface area (Å²) in [7, 11) is 2.03. The van der Waals surface area contributed by atoms with E-state index < -0.39 is 0 Å². The first-order chi connectivity index (χ1) is 8.40. The van der Waals surface area contributed by atoms with Gasteiger partial charge >= 0.3 is 0 Å². The monoisotopic (exact) mass is 249 g/mol. The smallest absolute Gasteiger partial charge is 0.159 e. The minimum Gasteiger partial charge on any atom is -0.508 e. The fourth-order valence-corrected chi connectivity index (χ4v) is 1.78. The van der Waals surface area contributed by atoms with Crippen LogP contribution in [0.3, 0.4) is 0 Å². The lowest BCUT2D eigenvalue weighted by Crippen LogP contribution is -2.20. The largest absolute Gasteiger partial charge is 0.508 e. The standard InChI is InChI=1S/C15H23NO2/c1-11(2)7-8-16(4)10-14-9-13(12(3)17)5-6-15(14)18/h5-6,9,11,18H,7-8,10H2,1-4H3. The summed E-state index contributed by atoms with van der Waals surface area (Å²) in [5, 5.41) is 9.81. The van der Waals surface area contributed by atoms with E-state index >= 15 is 0 Å². The molecule has 0 aliphatic carbocycles. The highest BCUT2D eigenvalue weighted by molar-refractivity contribution is 5.94. The molecule has 100 valence electrons. The van der Waals surface area contributed by atoms with Crippen LogP contribution in [-0.4, -0.2) is 29.4 Å². The van der Waals surface area contributed by atoms with Crippen molar-refractivity contribution in [2.45, 2.75) is 33.7 Å². The number of aromatic hydroxyl groups is 1. The molecule has 1 rings (SSSR count). The summed E-state index contributed by atoms with van der Waals surface area (Å²) in [6, 6.07) is 5.04. The van der Waals surface area contributed by atoms with Crippen molar-refractivity contribution in [3.63, 3.8) is 0 Å². The molecule has 0 aromatic heterocycles. The number of benzene rings is 1. The maximum atomic E-state index is 11.3. The second kappa shape index (κ2) is 6.55. The number of rotatable bonds is 6. The minimum atomic E-state index is 0.0288. The van der Waals surface area contributed by atoms with Gasteiger partial charge in [-0.2, -0.15) is 0 Å². The van der Waals surface area contributed by atoms with E-state index in [9.17, 15) is 9.90 Å². The van der Waals surface area contributed by atoms with E-state index in [0.717, 1.165) is 18.5 Å². The van der Waals surface area contributed by atoms with Gasteiger partial charge in [0.2, 0.25) is 0 Å². The van der Waals surface area contributed by atoms with E-state index in [1.54, 1.807) is 25.1 Å². The molecule has 0 fully saturated rings. The molecule has 1 aromatic rings. The number of nitrogens with zero attached hydrogens (tertiary/aromatic N) is 1. The Hall–Kier alpha value is -1.35. The number of Topliss-reactive ketones (excluding diaryl/α,β-unsaturated/α-hetero) is 1. The number of carbonyl (C=O) groups is 1. The van der Waals surface area contributed by atoms with Crippen LogP contribution in [0.4, 0.5) is 0 Å². The highest BCUT2D eigenvalue weighted by atomic mass is 16.3. The van der Waals surface area contributed by atoms with Crippen LogP contribution in [0.2, 0.25) is 0 Å². The van der Waals surface area contributed by atoms with Gasteiger partial charge in [-0.25, -0.2) is 0 Å². The van der Waals surface area contributed by atoms with E-state index in [0.29, 0.717) is 18.0 Å². The first-order valence-corrected chi connectivity index (χ1v) is 6.41. The summed E-state index contributed by atoms with van der Waals surface area (Å²) in [5.74, 6) is 0.960. The molecule has 0 heterocycles. The van der Waals surface area contributed by atoms with Crippen LogP contribution in [0, 0.1) is 5.92 Å². The Labute approximate surface area is 109 Å². The van der Waals surface area contributed by atoms with Crippen molar-refractivity contribution < 1.29 is 9.90 Å². The van der Waals surface area contributed by atoms with E-state index in [1.165, 1.54) is 0 Å². The van der Waals surface area contributed by atoms with Crippen LogP contribution in [0.1, 0.15) is 43.1 Å². The van der Waals surface area contributed by atoms with Crippen molar-refractivity contribution in [3.05, 3.63) is 29.3 Å². The Morgan fingerprint density at radius 2 is 2.06 bits per heavy atom. The maximum absolute atomic E-state index is 11.3. The minimum absolute atomic E-state index is 0.0288. The van der Waals surface area contributed by atoms with Crippen molar-refractivity contribution in [1.82, 2.24) is 4.90 Å². The lowest BCUT2D eigenvalue weighted by molar-refractivity contribution is 0.101. The topological polar surface area (TPSA) is 40.5 Å². The Morgan fingerprint density at radius 1 is 1.39 bits per heavy atom. The zero-order chi connectivity index (χ0) is 13.7. The van der Waals surface area contributed by atoms with Gasteiger partial charge in [0.15, 0.2) is 5.78 Å². The summed E-state index contributed by atoms with van der Waals surface area (Å²) < 4.78 is 0. The summed E-state index contributed by atoms with van der Waals surface area (Å²) in [5.41, 5.74) is 1.47. The molecule has 3 heteroatoms. The van der Waals surface area contributed by atoms with E-state index in [2.05, 4.69) is 18.7 Å². The van der Waals surface area contributed by atoms with Gasteiger partial charge in [0.05, 0.1) is 0 Å². The van der Waals surface area contributed by atoms with Crippen LogP contribution in [0.15, 0.2) is 18.2 Å². The zero-order valence-electron chi connectivity index (χ0n) is 11.7. The number of hydrogen-bond acceptors (Lipinski definition) is 3. The Balaban J connectivity index is 2.71. The number of ketones is 1. The Bertz CT molecular complexity index is 413. The van der Waals surface area contributed by atoms with Crippen LogP contribution >= 0.6 is 0 Å². The molecule has 1 aromatic carbocycles. The zero-order valence-corrected chi connectivity index (χ0v) is 11.7. The molecule has 18 heavy (non-hydrogen) atoms. The van der Waals surface area contributed by atoms with Crippen molar-refractivity contribution >= 4 is 5.78 Å². The quantitative estimate of drug-likeness (QED) is 0.788. The fourth-order valence-electron chi connectivity index (χ4n) is 1.78. The van der Waals surface area contributed by atoms with E-state index in [-0.39, 0.29) is 11.5 Å². The molecule has 0 bridgehead atoms. The normalized spacial score (nSPS) is 11.2. The lowest BCUT2D eigenvalue weighted by atomic mass is 10.1. The molecule has 0 atom stereocenters. The highest BCUT2D eigenvalue weighted by Gasteiger charge is 2.08.